The van der Waals surface area contributed by atoms with E-state index in [4.69, 9.17) is 9.84 Å². The molecule has 1 rings (SSSR count). The lowest BCUT2D eigenvalue weighted by atomic mass is 10.2. The van der Waals surface area contributed by atoms with E-state index in [1.54, 1.807) is 0 Å². The van der Waals surface area contributed by atoms with Crippen molar-refractivity contribution in [1.29, 1.82) is 0 Å². The molecule has 0 fully saturated rings. The summed E-state index contributed by atoms with van der Waals surface area (Å²) in [6.45, 7) is -0.262. The molecule has 0 unspecified atom stereocenters. The van der Waals surface area contributed by atoms with Gasteiger partial charge in [0.2, 0.25) is 0 Å². The van der Waals surface area contributed by atoms with Gasteiger partial charge in [-0.1, -0.05) is 15.9 Å². The number of halogens is 3. The van der Waals surface area contributed by atoms with Crippen molar-refractivity contribution in [2.24, 2.45) is 0 Å². The smallest absolute Gasteiger partial charge is 0.135 e. The summed E-state index contributed by atoms with van der Waals surface area (Å²) in [6, 6.07) is 2.14. The first-order chi connectivity index (χ1) is 7.19. The molecule has 0 aliphatic heterocycles. The zero-order chi connectivity index (χ0) is 11.3. The maximum Gasteiger partial charge on any atom is 0.135 e. The third-order valence-corrected chi connectivity index (χ3v) is 2.38. The quantitative estimate of drug-likeness (QED) is 0.664. The van der Waals surface area contributed by atoms with Crippen molar-refractivity contribution in [2.75, 3.05) is 11.9 Å². The number of ether oxygens (including phenoxy) is 1. The van der Waals surface area contributed by atoms with Crippen LogP contribution in [0.4, 0.5) is 8.78 Å². The summed E-state index contributed by atoms with van der Waals surface area (Å²) < 4.78 is 31.4. The number of benzene rings is 1. The van der Waals surface area contributed by atoms with Crippen LogP contribution in [0.5, 0.6) is 5.75 Å². The lowest BCUT2D eigenvalue weighted by Crippen LogP contribution is -2.01. The Balaban J connectivity index is 2.75. The minimum absolute atomic E-state index is 0.142. The van der Waals surface area contributed by atoms with E-state index in [1.807, 2.05) is 0 Å². The summed E-state index contributed by atoms with van der Waals surface area (Å²) >= 11 is 3.21. The summed E-state index contributed by atoms with van der Waals surface area (Å²) in [6.07, 6.45) is 0.755. The molecule has 0 saturated heterocycles. The molecular formula is C10H11BrF2O2. The molecule has 0 bridgehead atoms. The van der Waals surface area contributed by atoms with Crippen LogP contribution in [-0.4, -0.2) is 17.0 Å². The molecule has 1 aromatic rings. The molecule has 0 saturated carbocycles. The second kappa shape index (κ2) is 6.02. The minimum Gasteiger partial charge on any atom is -0.493 e. The lowest BCUT2D eigenvalue weighted by molar-refractivity contribution is 0.266. The van der Waals surface area contributed by atoms with E-state index in [2.05, 4.69) is 15.9 Å². The van der Waals surface area contributed by atoms with E-state index >= 15 is 0 Å². The molecule has 0 aliphatic carbocycles. The van der Waals surface area contributed by atoms with Crippen LogP contribution in [0.1, 0.15) is 12.0 Å². The highest BCUT2D eigenvalue weighted by Gasteiger charge is 2.10. The van der Waals surface area contributed by atoms with Crippen molar-refractivity contribution in [3.05, 3.63) is 29.3 Å². The highest BCUT2D eigenvalue weighted by atomic mass is 79.9. The van der Waals surface area contributed by atoms with Crippen molar-refractivity contribution >= 4 is 15.9 Å². The Morgan fingerprint density at radius 3 is 2.33 bits per heavy atom. The molecule has 1 aromatic carbocycles. The number of hydrogen-bond donors (Lipinski definition) is 1. The largest absolute Gasteiger partial charge is 0.493 e. The fraction of sp³-hybridized carbons (Fsp3) is 0.400. The molecule has 15 heavy (non-hydrogen) atoms. The molecule has 1 N–H and O–H groups in total. The summed E-state index contributed by atoms with van der Waals surface area (Å²) in [5, 5.41) is 9.45. The fourth-order valence-electron chi connectivity index (χ4n) is 1.06. The van der Waals surface area contributed by atoms with E-state index in [-0.39, 0.29) is 11.3 Å². The van der Waals surface area contributed by atoms with Crippen LogP contribution in [0.25, 0.3) is 0 Å². The first kappa shape index (κ1) is 12.4. The number of rotatable bonds is 5. The van der Waals surface area contributed by atoms with Gasteiger partial charge in [0.15, 0.2) is 0 Å². The van der Waals surface area contributed by atoms with Crippen molar-refractivity contribution in [1.82, 2.24) is 0 Å². The van der Waals surface area contributed by atoms with Gasteiger partial charge in [0.1, 0.15) is 17.4 Å². The number of hydrogen-bond acceptors (Lipinski definition) is 2. The van der Waals surface area contributed by atoms with Crippen LogP contribution >= 0.6 is 15.9 Å². The predicted octanol–water partition coefficient (Wildman–Crippen LogP) is 2.62. The van der Waals surface area contributed by atoms with Gasteiger partial charge in [-0.15, -0.1) is 0 Å². The molecular weight excluding hydrogens is 270 g/mol. The van der Waals surface area contributed by atoms with Crippen LogP contribution in [0.3, 0.4) is 0 Å². The monoisotopic (exact) mass is 280 g/mol. The molecule has 0 radical (unpaired) electrons. The Kier molecular flexibility index (Phi) is 4.98. The molecule has 0 amide bonds. The van der Waals surface area contributed by atoms with E-state index in [0.29, 0.717) is 6.61 Å². The van der Waals surface area contributed by atoms with Gasteiger partial charge in [-0.3, -0.25) is 0 Å². The molecule has 0 aliphatic rings. The average molecular weight is 281 g/mol. The van der Waals surface area contributed by atoms with E-state index < -0.39 is 18.2 Å². The van der Waals surface area contributed by atoms with Crippen LogP contribution in [0.2, 0.25) is 0 Å². The Labute approximate surface area is 95.0 Å². The van der Waals surface area contributed by atoms with E-state index in [1.165, 1.54) is 0 Å². The number of aliphatic hydroxyl groups excluding tert-OH is 1. The van der Waals surface area contributed by atoms with Gasteiger partial charge in [-0.25, -0.2) is 8.78 Å². The highest BCUT2D eigenvalue weighted by Crippen LogP contribution is 2.20. The molecule has 0 heterocycles. The van der Waals surface area contributed by atoms with Gasteiger partial charge >= 0.3 is 0 Å². The Bertz CT molecular complexity index is 308. The van der Waals surface area contributed by atoms with Gasteiger partial charge in [0, 0.05) is 23.0 Å². The third kappa shape index (κ3) is 3.43. The molecule has 0 aromatic heterocycles. The SMILES string of the molecule is OCc1c(F)cc(OCCCBr)cc1F. The van der Waals surface area contributed by atoms with Crippen LogP contribution in [0.15, 0.2) is 12.1 Å². The number of aliphatic hydroxyl groups is 1. The predicted molar refractivity (Wildman–Crippen MR) is 56.2 cm³/mol. The molecule has 2 nitrogen and oxygen atoms in total. The first-order valence-corrected chi connectivity index (χ1v) is 5.58. The zero-order valence-electron chi connectivity index (χ0n) is 7.97. The normalized spacial score (nSPS) is 10.4. The maximum absolute atomic E-state index is 13.1. The average Bonchev–Trinajstić information content (AvgIpc) is 2.18. The second-order valence-corrected chi connectivity index (χ2v) is 3.71. The van der Waals surface area contributed by atoms with Crippen molar-refractivity contribution in [3.63, 3.8) is 0 Å². The molecule has 0 atom stereocenters. The summed E-state index contributed by atoms with van der Waals surface area (Å²) in [4.78, 5) is 0. The Morgan fingerprint density at radius 1 is 1.27 bits per heavy atom. The van der Waals surface area contributed by atoms with Gasteiger partial charge < -0.3 is 9.84 Å². The van der Waals surface area contributed by atoms with Crippen LogP contribution < -0.4 is 4.74 Å². The first-order valence-electron chi connectivity index (χ1n) is 4.46. The van der Waals surface area contributed by atoms with Crippen molar-refractivity contribution in [2.45, 2.75) is 13.0 Å². The third-order valence-electron chi connectivity index (χ3n) is 1.82. The van der Waals surface area contributed by atoms with Gasteiger partial charge in [-0.2, -0.15) is 0 Å². The number of alkyl halides is 1. The maximum atomic E-state index is 13.1. The van der Waals surface area contributed by atoms with Gasteiger partial charge in [0.05, 0.1) is 13.2 Å². The van der Waals surface area contributed by atoms with Gasteiger partial charge in [-0.05, 0) is 6.42 Å². The second-order valence-electron chi connectivity index (χ2n) is 2.91. The summed E-state index contributed by atoms with van der Waals surface area (Å²) in [7, 11) is 0. The van der Waals surface area contributed by atoms with Gasteiger partial charge in [0.25, 0.3) is 0 Å². The Hall–Kier alpha value is -0.680. The Morgan fingerprint density at radius 2 is 1.87 bits per heavy atom. The van der Waals surface area contributed by atoms with Crippen LogP contribution in [-0.2, 0) is 6.61 Å². The zero-order valence-corrected chi connectivity index (χ0v) is 9.56. The van der Waals surface area contributed by atoms with E-state index in [9.17, 15) is 8.78 Å². The van der Waals surface area contributed by atoms with Crippen LogP contribution in [0, 0.1) is 11.6 Å². The van der Waals surface area contributed by atoms with Crippen molar-refractivity contribution < 1.29 is 18.6 Å². The minimum atomic E-state index is -0.786. The topological polar surface area (TPSA) is 29.5 Å². The summed E-state index contributed by atoms with van der Waals surface area (Å²) in [5.74, 6) is -1.43. The highest BCUT2D eigenvalue weighted by molar-refractivity contribution is 9.09. The molecule has 84 valence electrons. The standard InChI is InChI=1S/C10H11BrF2O2/c11-2-1-3-15-7-4-9(12)8(6-14)10(13)5-7/h4-5,14H,1-3,6H2. The molecule has 0 spiro atoms. The van der Waals surface area contributed by atoms with Crippen molar-refractivity contribution in [3.8, 4) is 5.75 Å². The lowest BCUT2D eigenvalue weighted by Gasteiger charge is -2.07. The summed E-state index contributed by atoms with van der Waals surface area (Å²) in [5.41, 5.74) is -0.331. The molecule has 5 heteroatoms. The van der Waals surface area contributed by atoms with E-state index in [0.717, 1.165) is 23.9 Å². The fourth-order valence-corrected chi connectivity index (χ4v) is 1.29.